The first-order valence-corrected chi connectivity index (χ1v) is 5.15. The van der Waals surface area contributed by atoms with Gasteiger partial charge in [-0.15, -0.1) is 0 Å². The fourth-order valence-electron chi connectivity index (χ4n) is 1.80. The monoisotopic (exact) mass is 190 g/mol. The number of hydrogen-bond donors (Lipinski definition) is 0. The highest BCUT2D eigenvalue weighted by atomic mass is 16.3. The molecule has 0 fully saturated rings. The Morgan fingerprint density at radius 2 is 2.14 bits per heavy atom. The molecule has 0 atom stereocenters. The van der Waals surface area contributed by atoms with Crippen molar-refractivity contribution in [1.29, 1.82) is 0 Å². The van der Waals surface area contributed by atoms with E-state index in [2.05, 4.69) is 6.92 Å². The van der Waals surface area contributed by atoms with Gasteiger partial charge in [0.2, 0.25) is 0 Å². The van der Waals surface area contributed by atoms with Crippen LogP contribution in [0, 0.1) is 0 Å². The van der Waals surface area contributed by atoms with Gasteiger partial charge in [0.1, 0.15) is 5.76 Å². The highest BCUT2D eigenvalue weighted by Crippen LogP contribution is 2.26. The van der Waals surface area contributed by atoms with Crippen molar-refractivity contribution in [1.82, 2.24) is 0 Å². The predicted octanol–water partition coefficient (Wildman–Crippen LogP) is 3.22. The zero-order valence-corrected chi connectivity index (χ0v) is 8.38. The first-order chi connectivity index (χ1) is 6.83. The molecule has 0 bridgehead atoms. The van der Waals surface area contributed by atoms with Crippen LogP contribution in [0.4, 0.5) is 0 Å². The number of furan rings is 1. The van der Waals surface area contributed by atoms with Crippen molar-refractivity contribution >= 4 is 11.9 Å². The van der Waals surface area contributed by atoms with Crippen LogP contribution in [0.2, 0.25) is 0 Å². The van der Waals surface area contributed by atoms with Crippen LogP contribution >= 0.6 is 0 Å². The van der Waals surface area contributed by atoms with Gasteiger partial charge in [-0.05, 0) is 25.0 Å². The Kier molecular flexibility index (Phi) is 2.53. The Hall–Kier alpha value is -1.31. The summed E-state index contributed by atoms with van der Waals surface area (Å²) in [5, 5.41) is 0. The Balaban J connectivity index is 2.10. The van der Waals surface area contributed by atoms with Crippen molar-refractivity contribution < 1.29 is 9.21 Å². The topological polar surface area (TPSA) is 30.2 Å². The van der Waals surface area contributed by atoms with Gasteiger partial charge in [-0.1, -0.05) is 19.8 Å². The minimum Gasteiger partial charge on any atom is -0.464 e. The van der Waals surface area contributed by atoms with Gasteiger partial charge in [-0.3, -0.25) is 4.79 Å². The van der Waals surface area contributed by atoms with Gasteiger partial charge in [0.15, 0.2) is 5.78 Å². The van der Waals surface area contributed by atoms with E-state index < -0.39 is 0 Å². The van der Waals surface area contributed by atoms with Crippen molar-refractivity contribution in [2.45, 2.75) is 32.6 Å². The second-order valence-corrected chi connectivity index (χ2v) is 3.65. The summed E-state index contributed by atoms with van der Waals surface area (Å²) in [6.07, 6.45) is 9.56. The second-order valence-electron chi connectivity index (χ2n) is 3.65. The second kappa shape index (κ2) is 3.82. The van der Waals surface area contributed by atoms with Crippen LogP contribution in [-0.4, -0.2) is 5.78 Å². The van der Waals surface area contributed by atoms with Crippen molar-refractivity contribution in [2.24, 2.45) is 0 Å². The number of aryl methyl sites for hydroxylation is 1. The van der Waals surface area contributed by atoms with E-state index in [4.69, 9.17) is 4.42 Å². The summed E-state index contributed by atoms with van der Waals surface area (Å²) < 4.78 is 5.30. The van der Waals surface area contributed by atoms with Crippen molar-refractivity contribution in [3.8, 4) is 0 Å². The average Bonchev–Trinajstić information content (AvgIpc) is 2.72. The van der Waals surface area contributed by atoms with Crippen LogP contribution in [0.3, 0.4) is 0 Å². The Labute approximate surface area is 83.6 Å². The fourth-order valence-corrected chi connectivity index (χ4v) is 1.80. The Morgan fingerprint density at radius 3 is 2.93 bits per heavy atom. The molecule has 14 heavy (non-hydrogen) atoms. The molecule has 0 radical (unpaired) electrons. The summed E-state index contributed by atoms with van der Waals surface area (Å²) in [5.41, 5.74) is 1.87. The van der Waals surface area contributed by atoms with Gasteiger partial charge in [0, 0.05) is 5.56 Å². The molecule has 0 N–H and O–H groups in total. The molecule has 1 aromatic rings. The largest absolute Gasteiger partial charge is 0.464 e. The molecular formula is C12H14O2. The summed E-state index contributed by atoms with van der Waals surface area (Å²) in [5.74, 6) is 0.835. The lowest BCUT2D eigenvalue weighted by Crippen LogP contribution is -1.95. The normalized spacial score (nSPS) is 13.6. The molecular weight excluding hydrogens is 176 g/mol. The van der Waals surface area contributed by atoms with Crippen LogP contribution in [0.5, 0.6) is 0 Å². The third kappa shape index (κ3) is 1.52. The van der Waals surface area contributed by atoms with E-state index in [0.717, 1.165) is 29.7 Å². The SMILES string of the molecule is CCCCCc1coc2c1C(=O)C=C2. The highest BCUT2D eigenvalue weighted by Gasteiger charge is 2.21. The van der Waals surface area contributed by atoms with Crippen LogP contribution in [-0.2, 0) is 6.42 Å². The van der Waals surface area contributed by atoms with Crippen LogP contribution in [0.1, 0.15) is 47.9 Å². The van der Waals surface area contributed by atoms with Gasteiger partial charge in [0.05, 0.1) is 11.8 Å². The number of carbonyl (C=O) groups excluding carboxylic acids is 1. The molecule has 74 valence electrons. The van der Waals surface area contributed by atoms with Gasteiger partial charge in [-0.2, -0.15) is 0 Å². The third-order valence-electron chi connectivity index (χ3n) is 2.58. The van der Waals surface area contributed by atoms with Gasteiger partial charge < -0.3 is 4.42 Å². The van der Waals surface area contributed by atoms with E-state index >= 15 is 0 Å². The zero-order chi connectivity index (χ0) is 9.97. The summed E-state index contributed by atoms with van der Waals surface area (Å²) in [7, 11) is 0. The molecule has 0 aromatic carbocycles. The van der Waals surface area contributed by atoms with E-state index in [-0.39, 0.29) is 5.78 Å². The summed E-state index contributed by atoms with van der Waals surface area (Å²) in [6, 6.07) is 0. The lowest BCUT2D eigenvalue weighted by molar-refractivity contribution is 0.104. The molecule has 0 saturated heterocycles. The molecule has 0 amide bonds. The number of allylic oxidation sites excluding steroid dienone is 1. The maximum absolute atomic E-state index is 11.4. The van der Waals surface area contributed by atoms with E-state index in [9.17, 15) is 4.79 Å². The smallest absolute Gasteiger partial charge is 0.190 e. The minimum atomic E-state index is 0.0975. The van der Waals surface area contributed by atoms with Gasteiger partial charge in [-0.25, -0.2) is 0 Å². The van der Waals surface area contributed by atoms with Crippen molar-refractivity contribution in [3.05, 3.63) is 29.2 Å². The number of ketones is 1. The molecule has 1 heterocycles. The van der Waals surface area contributed by atoms with Crippen molar-refractivity contribution in [2.75, 3.05) is 0 Å². The first-order valence-electron chi connectivity index (χ1n) is 5.15. The predicted molar refractivity (Wildman–Crippen MR) is 55.3 cm³/mol. The van der Waals surface area contributed by atoms with Gasteiger partial charge >= 0.3 is 0 Å². The summed E-state index contributed by atoms with van der Waals surface area (Å²) in [4.78, 5) is 11.4. The average molecular weight is 190 g/mol. The molecule has 1 aliphatic carbocycles. The quantitative estimate of drug-likeness (QED) is 0.682. The van der Waals surface area contributed by atoms with E-state index in [1.165, 1.54) is 12.8 Å². The summed E-state index contributed by atoms with van der Waals surface area (Å²) >= 11 is 0. The van der Waals surface area contributed by atoms with E-state index in [0.29, 0.717) is 0 Å². The minimum absolute atomic E-state index is 0.0975. The number of rotatable bonds is 4. The lowest BCUT2D eigenvalue weighted by atomic mass is 10.0. The number of hydrogen-bond acceptors (Lipinski definition) is 2. The molecule has 1 aliphatic rings. The van der Waals surface area contributed by atoms with E-state index in [1.807, 2.05) is 0 Å². The molecule has 2 heteroatoms. The molecule has 2 nitrogen and oxygen atoms in total. The van der Waals surface area contributed by atoms with Crippen molar-refractivity contribution in [3.63, 3.8) is 0 Å². The maximum Gasteiger partial charge on any atom is 0.190 e. The number of fused-ring (bicyclic) bond motifs is 1. The molecule has 0 saturated carbocycles. The molecule has 1 aromatic heterocycles. The molecule has 0 spiro atoms. The number of carbonyl (C=O) groups is 1. The zero-order valence-electron chi connectivity index (χ0n) is 8.38. The third-order valence-corrected chi connectivity index (χ3v) is 2.58. The van der Waals surface area contributed by atoms with Gasteiger partial charge in [0.25, 0.3) is 0 Å². The first kappa shape index (κ1) is 9.25. The highest BCUT2D eigenvalue weighted by molar-refractivity contribution is 6.13. The van der Waals surface area contributed by atoms with Crippen LogP contribution in [0.15, 0.2) is 16.8 Å². The Bertz CT molecular complexity index is 372. The standard InChI is InChI=1S/C12H14O2/c1-2-3-4-5-9-8-14-11-7-6-10(13)12(9)11/h6-8H,2-5H2,1H3. The molecule has 2 rings (SSSR count). The summed E-state index contributed by atoms with van der Waals surface area (Å²) in [6.45, 7) is 2.17. The Morgan fingerprint density at radius 1 is 1.29 bits per heavy atom. The van der Waals surface area contributed by atoms with Crippen LogP contribution in [0.25, 0.3) is 6.08 Å². The number of unbranched alkanes of at least 4 members (excludes halogenated alkanes) is 2. The molecule has 0 aliphatic heterocycles. The molecule has 0 unspecified atom stereocenters. The van der Waals surface area contributed by atoms with Crippen LogP contribution < -0.4 is 0 Å². The fraction of sp³-hybridized carbons (Fsp3) is 0.417. The maximum atomic E-state index is 11.4. The lowest BCUT2D eigenvalue weighted by Gasteiger charge is -1.97. The van der Waals surface area contributed by atoms with E-state index in [1.54, 1.807) is 18.4 Å².